The number of aryl methyl sites for hydroxylation is 1. The van der Waals surface area contributed by atoms with E-state index in [4.69, 9.17) is 0 Å². The van der Waals surface area contributed by atoms with E-state index in [1.807, 2.05) is 17.8 Å². The summed E-state index contributed by atoms with van der Waals surface area (Å²) < 4.78 is 1.82. The molecular weight excluding hydrogens is 256 g/mol. The molecule has 1 saturated carbocycles. The first-order valence-electron chi connectivity index (χ1n) is 6.90. The fourth-order valence-corrected chi connectivity index (χ4v) is 1.83. The Bertz CT molecular complexity index is 477. The predicted octanol–water partition coefficient (Wildman–Crippen LogP) is -0.389. The molecule has 0 atom stereocenters. The number of nitrogens with one attached hydrogen (secondary N) is 3. The fraction of sp³-hybridized carbons (Fsp3) is 0.615. The molecule has 1 heterocycles. The predicted molar refractivity (Wildman–Crippen MR) is 77.1 cm³/mol. The topological polar surface area (TPSA) is 83.3 Å². The fourth-order valence-electron chi connectivity index (χ4n) is 1.83. The van der Waals surface area contributed by atoms with E-state index in [1.54, 1.807) is 13.2 Å². The van der Waals surface area contributed by atoms with Gasteiger partial charge < -0.3 is 16.0 Å². The van der Waals surface area contributed by atoms with Gasteiger partial charge in [-0.15, -0.1) is 0 Å². The van der Waals surface area contributed by atoms with Crippen LogP contribution in [0.5, 0.6) is 0 Å². The summed E-state index contributed by atoms with van der Waals surface area (Å²) in [4.78, 5) is 15.6. The Hall–Kier alpha value is -2.05. The van der Waals surface area contributed by atoms with Crippen LogP contribution in [0, 0.1) is 5.92 Å². The van der Waals surface area contributed by atoms with Gasteiger partial charge in [0.25, 0.3) is 0 Å². The third-order valence-electron chi connectivity index (χ3n) is 3.25. The van der Waals surface area contributed by atoms with Gasteiger partial charge in [0, 0.05) is 39.3 Å². The number of guanidine groups is 1. The summed E-state index contributed by atoms with van der Waals surface area (Å²) >= 11 is 0. The molecule has 7 nitrogen and oxygen atoms in total. The standard InChI is InChI=1S/C13H22N6O/c1-14-13(17-9-11-5-6-18-19(11)2)16-8-7-15-12(20)10-3-4-10/h5-6,10H,3-4,7-9H2,1-2H3,(H,15,20)(H2,14,16,17). The molecule has 1 amide bonds. The molecule has 1 aliphatic carbocycles. The number of hydrogen-bond acceptors (Lipinski definition) is 3. The first-order valence-corrected chi connectivity index (χ1v) is 6.90. The Kier molecular flexibility index (Phi) is 4.97. The van der Waals surface area contributed by atoms with Crippen LogP contribution in [0.3, 0.4) is 0 Å². The SMILES string of the molecule is CN=C(NCCNC(=O)C1CC1)NCc1ccnn1C. The zero-order valence-corrected chi connectivity index (χ0v) is 12.0. The number of aromatic nitrogens is 2. The lowest BCUT2D eigenvalue weighted by Crippen LogP contribution is -2.41. The highest BCUT2D eigenvalue weighted by atomic mass is 16.2. The lowest BCUT2D eigenvalue weighted by Gasteiger charge is -2.12. The molecule has 1 aliphatic rings. The van der Waals surface area contributed by atoms with Crippen LogP contribution in [-0.2, 0) is 18.4 Å². The Morgan fingerprint density at radius 1 is 1.40 bits per heavy atom. The summed E-state index contributed by atoms with van der Waals surface area (Å²) in [5, 5.41) is 13.4. The smallest absolute Gasteiger partial charge is 0.223 e. The van der Waals surface area contributed by atoms with E-state index in [1.165, 1.54) is 0 Å². The average molecular weight is 278 g/mol. The molecule has 1 aromatic rings. The molecule has 0 radical (unpaired) electrons. The van der Waals surface area contributed by atoms with Crippen molar-refractivity contribution in [2.24, 2.45) is 18.0 Å². The van der Waals surface area contributed by atoms with E-state index >= 15 is 0 Å². The van der Waals surface area contributed by atoms with Crippen molar-refractivity contribution in [2.45, 2.75) is 19.4 Å². The van der Waals surface area contributed by atoms with Crippen LogP contribution in [0.4, 0.5) is 0 Å². The number of hydrogen-bond donors (Lipinski definition) is 3. The van der Waals surface area contributed by atoms with E-state index < -0.39 is 0 Å². The molecule has 1 aromatic heterocycles. The summed E-state index contributed by atoms with van der Waals surface area (Å²) in [5.41, 5.74) is 1.08. The van der Waals surface area contributed by atoms with Crippen molar-refractivity contribution < 1.29 is 4.79 Å². The molecule has 0 unspecified atom stereocenters. The highest BCUT2D eigenvalue weighted by molar-refractivity contribution is 5.81. The Morgan fingerprint density at radius 3 is 2.75 bits per heavy atom. The number of amides is 1. The highest BCUT2D eigenvalue weighted by Crippen LogP contribution is 2.28. The van der Waals surface area contributed by atoms with Gasteiger partial charge in [-0.25, -0.2) is 0 Å². The van der Waals surface area contributed by atoms with Crippen molar-refractivity contribution in [3.63, 3.8) is 0 Å². The zero-order chi connectivity index (χ0) is 14.4. The maximum atomic E-state index is 11.4. The van der Waals surface area contributed by atoms with E-state index in [0.29, 0.717) is 25.6 Å². The van der Waals surface area contributed by atoms with Crippen molar-refractivity contribution >= 4 is 11.9 Å². The second kappa shape index (κ2) is 6.93. The van der Waals surface area contributed by atoms with Crippen molar-refractivity contribution in [3.8, 4) is 0 Å². The minimum atomic E-state index is 0.171. The van der Waals surface area contributed by atoms with Crippen LogP contribution in [0.2, 0.25) is 0 Å². The second-order valence-corrected chi connectivity index (χ2v) is 4.86. The minimum absolute atomic E-state index is 0.171. The van der Waals surface area contributed by atoms with Crippen LogP contribution in [0.1, 0.15) is 18.5 Å². The van der Waals surface area contributed by atoms with E-state index in [2.05, 4.69) is 26.0 Å². The monoisotopic (exact) mass is 278 g/mol. The maximum Gasteiger partial charge on any atom is 0.223 e. The summed E-state index contributed by atoms with van der Waals surface area (Å²) in [6.07, 6.45) is 3.83. The van der Waals surface area contributed by atoms with Gasteiger partial charge in [0.05, 0.1) is 12.2 Å². The van der Waals surface area contributed by atoms with Crippen LogP contribution in [0.25, 0.3) is 0 Å². The molecule has 0 bridgehead atoms. The van der Waals surface area contributed by atoms with E-state index in [9.17, 15) is 4.79 Å². The lowest BCUT2D eigenvalue weighted by atomic mass is 10.4. The third-order valence-corrected chi connectivity index (χ3v) is 3.25. The van der Waals surface area contributed by atoms with Crippen LogP contribution in [-0.4, -0.2) is 41.8 Å². The molecule has 0 aliphatic heterocycles. The Morgan fingerprint density at radius 2 is 2.15 bits per heavy atom. The Balaban J connectivity index is 1.62. The molecular formula is C13H22N6O. The van der Waals surface area contributed by atoms with Gasteiger partial charge in [-0.3, -0.25) is 14.5 Å². The van der Waals surface area contributed by atoms with Gasteiger partial charge in [-0.2, -0.15) is 5.10 Å². The number of rotatable bonds is 6. The molecule has 20 heavy (non-hydrogen) atoms. The second-order valence-electron chi connectivity index (χ2n) is 4.86. The van der Waals surface area contributed by atoms with Crippen molar-refractivity contribution in [1.82, 2.24) is 25.7 Å². The molecule has 1 fully saturated rings. The van der Waals surface area contributed by atoms with Gasteiger partial charge in [-0.05, 0) is 18.9 Å². The summed E-state index contributed by atoms with van der Waals surface area (Å²) in [6.45, 7) is 1.93. The van der Waals surface area contributed by atoms with Gasteiger partial charge in [-0.1, -0.05) is 0 Å². The summed E-state index contributed by atoms with van der Waals surface area (Å²) in [6, 6.07) is 1.95. The Labute approximate surface area is 118 Å². The zero-order valence-electron chi connectivity index (χ0n) is 12.0. The average Bonchev–Trinajstić information content (AvgIpc) is 3.22. The number of carbonyl (C=O) groups excluding carboxylic acids is 1. The molecule has 110 valence electrons. The van der Waals surface area contributed by atoms with E-state index in [0.717, 1.165) is 18.5 Å². The van der Waals surface area contributed by atoms with Crippen LogP contribution >= 0.6 is 0 Å². The molecule has 0 saturated heterocycles. The van der Waals surface area contributed by atoms with Crippen molar-refractivity contribution in [2.75, 3.05) is 20.1 Å². The first-order chi connectivity index (χ1) is 9.70. The quantitative estimate of drug-likeness (QED) is 0.376. The largest absolute Gasteiger partial charge is 0.355 e. The number of nitrogens with zero attached hydrogens (tertiary/aromatic N) is 3. The lowest BCUT2D eigenvalue weighted by molar-refractivity contribution is -0.122. The highest BCUT2D eigenvalue weighted by Gasteiger charge is 2.28. The molecule has 3 N–H and O–H groups in total. The van der Waals surface area contributed by atoms with Gasteiger partial charge in [0.1, 0.15) is 0 Å². The number of carbonyl (C=O) groups is 1. The van der Waals surface area contributed by atoms with Crippen LogP contribution in [0.15, 0.2) is 17.3 Å². The minimum Gasteiger partial charge on any atom is -0.355 e. The van der Waals surface area contributed by atoms with Gasteiger partial charge >= 0.3 is 0 Å². The molecule has 0 spiro atoms. The van der Waals surface area contributed by atoms with Crippen molar-refractivity contribution in [1.29, 1.82) is 0 Å². The molecule has 0 aromatic carbocycles. The molecule has 2 rings (SSSR count). The normalized spacial score (nSPS) is 15.0. The summed E-state index contributed by atoms with van der Waals surface area (Å²) in [7, 11) is 3.63. The molecule has 7 heteroatoms. The first kappa shape index (κ1) is 14.4. The van der Waals surface area contributed by atoms with E-state index in [-0.39, 0.29) is 11.8 Å². The van der Waals surface area contributed by atoms with Crippen molar-refractivity contribution in [3.05, 3.63) is 18.0 Å². The number of aliphatic imine (C=N–C) groups is 1. The van der Waals surface area contributed by atoms with Gasteiger partial charge in [0.15, 0.2) is 5.96 Å². The maximum absolute atomic E-state index is 11.4. The van der Waals surface area contributed by atoms with Gasteiger partial charge in [0.2, 0.25) is 5.91 Å². The summed E-state index contributed by atoms with van der Waals surface area (Å²) in [5.74, 6) is 1.15. The third kappa shape index (κ3) is 4.25. The van der Waals surface area contributed by atoms with Crippen LogP contribution < -0.4 is 16.0 Å².